The van der Waals surface area contributed by atoms with Crippen molar-refractivity contribution in [2.45, 2.75) is 6.61 Å². The number of ether oxygens (including phenoxy) is 1. The van der Waals surface area contributed by atoms with E-state index in [-0.39, 0.29) is 17.9 Å². The topological polar surface area (TPSA) is 70.2 Å². The minimum atomic E-state index is -0.315. The van der Waals surface area contributed by atoms with Crippen molar-refractivity contribution in [1.29, 1.82) is 0 Å². The Hall–Kier alpha value is -3.00. The monoisotopic (exact) mass is 429 g/mol. The van der Waals surface area contributed by atoms with Crippen LogP contribution in [0.1, 0.15) is 5.56 Å². The van der Waals surface area contributed by atoms with Gasteiger partial charge in [-0.2, -0.15) is 5.10 Å². The van der Waals surface area contributed by atoms with E-state index in [1.54, 1.807) is 31.3 Å². The van der Waals surface area contributed by atoms with Gasteiger partial charge in [0, 0.05) is 13.1 Å². The zero-order valence-corrected chi connectivity index (χ0v) is 15.7. The molecule has 0 aliphatic heterocycles. The van der Waals surface area contributed by atoms with Crippen LogP contribution in [0.3, 0.4) is 0 Å². The summed E-state index contributed by atoms with van der Waals surface area (Å²) < 4.78 is 26.9. The third-order valence-corrected chi connectivity index (χ3v) is 4.66. The molecule has 0 unspecified atom stereocenters. The van der Waals surface area contributed by atoms with Gasteiger partial charge in [0.2, 0.25) is 0 Å². The van der Waals surface area contributed by atoms with Crippen LogP contribution in [0.2, 0.25) is 0 Å². The van der Waals surface area contributed by atoms with Gasteiger partial charge in [0.05, 0.1) is 4.47 Å². The van der Waals surface area contributed by atoms with Crippen LogP contribution < -0.4 is 10.2 Å². The van der Waals surface area contributed by atoms with Gasteiger partial charge in [-0.3, -0.25) is 4.79 Å². The van der Waals surface area contributed by atoms with Gasteiger partial charge in [0.25, 0.3) is 0 Å². The highest BCUT2D eigenvalue weighted by Gasteiger charge is 2.16. The zero-order chi connectivity index (χ0) is 19.0. The smallest absolute Gasteiger partial charge is 0.197 e. The standard InChI is InChI=1S/C19H13BrFN3O3/c1-24-19(22-10-23-24)16-8-14(25)17-15(7-6-13(20)18(17)27-16)26-9-11-2-4-12(21)5-3-11/h2-8,10H,9H2,1H3. The maximum atomic E-state index is 13.0. The van der Waals surface area contributed by atoms with E-state index in [2.05, 4.69) is 26.0 Å². The Morgan fingerprint density at radius 1 is 1.22 bits per heavy atom. The number of aromatic nitrogens is 3. The predicted molar refractivity (Wildman–Crippen MR) is 101 cm³/mol. The molecule has 0 saturated heterocycles. The van der Waals surface area contributed by atoms with Crippen molar-refractivity contribution in [3.63, 3.8) is 0 Å². The third-order valence-electron chi connectivity index (χ3n) is 4.03. The van der Waals surface area contributed by atoms with Crippen molar-refractivity contribution in [3.8, 4) is 17.3 Å². The molecule has 0 radical (unpaired) electrons. The molecule has 136 valence electrons. The van der Waals surface area contributed by atoms with E-state index in [9.17, 15) is 9.18 Å². The van der Waals surface area contributed by atoms with E-state index < -0.39 is 0 Å². The van der Waals surface area contributed by atoms with Crippen molar-refractivity contribution in [2.75, 3.05) is 0 Å². The summed E-state index contributed by atoms with van der Waals surface area (Å²) in [5.41, 5.74) is 0.884. The first-order valence-corrected chi connectivity index (χ1v) is 8.80. The summed E-state index contributed by atoms with van der Waals surface area (Å²) in [6.45, 7) is 0.196. The van der Waals surface area contributed by atoms with E-state index in [1.165, 1.54) is 29.2 Å². The van der Waals surface area contributed by atoms with E-state index in [0.29, 0.717) is 32.8 Å². The average molecular weight is 430 g/mol. The Bertz CT molecular complexity index is 1190. The van der Waals surface area contributed by atoms with Gasteiger partial charge in [-0.05, 0) is 45.8 Å². The number of halogens is 2. The molecule has 8 heteroatoms. The number of aryl methyl sites for hydroxylation is 1. The Kier molecular flexibility index (Phi) is 4.49. The summed E-state index contributed by atoms with van der Waals surface area (Å²) in [5, 5.41) is 4.31. The van der Waals surface area contributed by atoms with Crippen LogP contribution in [0.15, 0.2) is 62.5 Å². The highest BCUT2D eigenvalue weighted by molar-refractivity contribution is 9.10. The fourth-order valence-corrected chi connectivity index (χ4v) is 3.11. The van der Waals surface area contributed by atoms with Gasteiger partial charge in [0.15, 0.2) is 22.6 Å². The molecule has 27 heavy (non-hydrogen) atoms. The molecule has 2 heterocycles. The first-order chi connectivity index (χ1) is 13.0. The molecule has 0 saturated carbocycles. The highest BCUT2D eigenvalue weighted by Crippen LogP contribution is 2.32. The number of rotatable bonds is 4. The fraction of sp³-hybridized carbons (Fsp3) is 0.105. The quantitative estimate of drug-likeness (QED) is 0.488. The lowest BCUT2D eigenvalue weighted by Crippen LogP contribution is -2.06. The number of nitrogens with zero attached hydrogens (tertiary/aromatic N) is 3. The van der Waals surface area contributed by atoms with E-state index in [0.717, 1.165) is 5.56 Å². The summed E-state index contributed by atoms with van der Waals surface area (Å²) in [4.78, 5) is 16.9. The van der Waals surface area contributed by atoms with Crippen molar-refractivity contribution < 1.29 is 13.5 Å². The van der Waals surface area contributed by atoms with Gasteiger partial charge < -0.3 is 9.15 Å². The van der Waals surface area contributed by atoms with Crippen molar-refractivity contribution in [3.05, 3.63) is 74.9 Å². The average Bonchev–Trinajstić information content (AvgIpc) is 3.09. The summed E-state index contributed by atoms with van der Waals surface area (Å²) in [7, 11) is 1.71. The first kappa shape index (κ1) is 17.4. The largest absolute Gasteiger partial charge is 0.488 e. The maximum absolute atomic E-state index is 13.0. The molecule has 0 N–H and O–H groups in total. The molecular weight excluding hydrogens is 417 g/mol. The number of hydrogen-bond acceptors (Lipinski definition) is 5. The van der Waals surface area contributed by atoms with Gasteiger partial charge in [-0.15, -0.1) is 0 Å². The second-order valence-corrected chi connectivity index (χ2v) is 6.70. The third kappa shape index (κ3) is 3.35. The first-order valence-electron chi connectivity index (χ1n) is 8.01. The van der Waals surface area contributed by atoms with Crippen LogP contribution in [0.25, 0.3) is 22.6 Å². The molecule has 0 aliphatic rings. The van der Waals surface area contributed by atoms with Crippen LogP contribution >= 0.6 is 15.9 Å². The summed E-state index contributed by atoms with van der Waals surface area (Å²) in [6, 6.07) is 10.8. The van der Waals surface area contributed by atoms with Crippen molar-refractivity contribution in [2.24, 2.45) is 7.05 Å². The van der Waals surface area contributed by atoms with Crippen LogP contribution in [-0.4, -0.2) is 14.8 Å². The Morgan fingerprint density at radius 3 is 2.70 bits per heavy atom. The molecule has 4 aromatic rings. The molecule has 0 fully saturated rings. The van der Waals surface area contributed by atoms with Crippen LogP contribution in [0.4, 0.5) is 4.39 Å². The lowest BCUT2D eigenvalue weighted by molar-refractivity contribution is 0.309. The van der Waals surface area contributed by atoms with Gasteiger partial charge >= 0.3 is 0 Å². The lowest BCUT2D eigenvalue weighted by atomic mass is 10.2. The number of hydrogen-bond donors (Lipinski definition) is 0. The molecule has 2 aromatic heterocycles. The summed E-state index contributed by atoms with van der Waals surface area (Å²) in [6.07, 6.45) is 1.39. The maximum Gasteiger partial charge on any atom is 0.197 e. The second kappa shape index (κ2) is 6.96. The fourth-order valence-electron chi connectivity index (χ4n) is 2.69. The molecule has 0 spiro atoms. The molecule has 6 nitrogen and oxygen atoms in total. The number of benzene rings is 2. The van der Waals surface area contributed by atoms with Gasteiger partial charge in [-0.1, -0.05) is 12.1 Å². The highest BCUT2D eigenvalue weighted by atomic mass is 79.9. The molecular formula is C19H13BrFN3O3. The van der Waals surface area contributed by atoms with Crippen LogP contribution in [-0.2, 0) is 13.7 Å². The normalized spacial score (nSPS) is 11.1. The Balaban J connectivity index is 1.76. The number of fused-ring (bicyclic) bond motifs is 1. The van der Waals surface area contributed by atoms with Crippen LogP contribution in [0, 0.1) is 5.82 Å². The SMILES string of the molecule is Cn1ncnc1-c1cc(=O)c2c(OCc3ccc(F)cc3)ccc(Br)c2o1. The Morgan fingerprint density at radius 2 is 2.00 bits per heavy atom. The lowest BCUT2D eigenvalue weighted by Gasteiger charge is -2.10. The molecule has 0 bridgehead atoms. The van der Waals surface area contributed by atoms with Crippen molar-refractivity contribution >= 4 is 26.9 Å². The Labute approximate surface area is 161 Å². The van der Waals surface area contributed by atoms with Gasteiger partial charge in [0.1, 0.15) is 29.9 Å². The van der Waals surface area contributed by atoms with Crippen molar-refractivity contribution in [1.82, 2.24) is 14.8 Å². The summed E-state index contributed by atoms with van der Waals surface area (Å²) in [5.74, 6) is 0.822. The molecule has 4 rings (SSSR count). The minimum absolute atomic E-state index is 0.196. The molecule has 2 aromatic carbocycles. The summed E-state index contributed by atoms with van der Waals surface area (Å²) >= 11 is 3.41. The van der Waals surface area contributed by atoms with Gasteiger partial charge in [-0.25, -0.2) is 14.1 Å². The molecule has 0 amide bonds. The predicted octanol–water partition coefficient (Wildman–Crippen LogP) is 4.07. The molecule has 0 aliphatic carbocycles. The second-order valence-electron chi connectivity index (χ2n) is 5.85. The minimum Gasteiger partial charge on any atom is -0.488 e. The van der Waals surface area contributed by atoms with E-state index >= 15 is 0 Å². The zero-order valence-electron chi connectivity index (χ0n) is 14.1. The molecule has 0 atom stereocenters. The van der Waals surface area contributed by atoms with E-state index in [4.69, 9.17) is 9.15 Å². The van der Waals surface area contributed by atoms with E-state index in [1.807, 2.05) is 0 Å². The van der Waals surface area contributed by atoms with Crippen LogP contribution in [0.5, 0.6) is 5.75 Å².